The maximum Gasteiger partial charge on any atom is 0.417 e. The van der Waals surface area contributed by atoms with Gasteiger partial charge in [0, 0.05) is 29.1 Å². The second-order valence-corrected chi connectivity index (χ2v) is 4.71. The van der Waals surface area contributed by atoms with Crippen LogP contribution in [0.25, 0.3) is 11.4 Å². The van der Waals surface area contributed by atoms with E-state index < -0.39 is 17.6 Å². The van der Waals surface area contributed by atoms with Crippen molar-refractivity contribution in [1.29, 1.82) is 0 Å². The fraction of sp³-hybridized carbons (Fsp3) is 0.286. The Kier molecular flexibility index (Phi) is 3.95. The van der Waals surface area contributed by atoms with Crippen LogP contribution in [-0.2, 0) is 6.18 Å². The van der Waals surface area contributed by atoms with Gasteiger partial charge in [-0.25, -0.2) is 14.4 Å². The molecule has 0 aliphatic rings. The number of benzene rings is 1. The monoisotopic (exact) mass is 299 g/mol. The number of hydrogen-bond donors (Lipinski definition) is 1. The van der Waals surface area contributed by atoms with Crippen molar-refractivity contribution in [2.24, 2.45) is 5.73 Å². The first-order chi connectivity index (χ1) is 9.70. The van der Waals surface area contributed by atoms with Crippen LogP contribution in [0.2, 0.25) is 0 Å². The molecule has 0 bridgehead atoms. The number of aromatic nitrogens is 2. The molecule has 1 atom stereocenters. The molecule has 1 aromatic carbocycles. The molecule has 3 nitrogen and oxygen atoms in total. The van der Waals surface area contributed by atoms with Gasteiger partial charge in [0.15, 0.2) is 5.82 Å². The second-order valence-electron chi connectivity index (χ2n) is 4.71. The van der Waals surface area contributed by atoms with E-state index in [0.29, 0.717) is 17.3 Å². The summed E-state index contributed by atoms with van der Waals surface area (Å²) in [6.07, 6.45) is -3.24. The Balaban J connectivity index is 2.61. The lowest BCUT2D eigenvalue weighted by atomic mass is 10.0. The smallest absolute Gasteiger partial charge is 0.324 e. The fourth-order valence-electron chi connectivity index (χ4n) is 2.00. The van der Waals surface area contributed by atoms with Gasteiger partial charge in [-0.2, -0.15) is 13.2 Å². The average Bonchev–Trinajstić information content (AvgIpc) is 2.36. The van der Waals surface area contributed by atoms with Gasteiger partial charge in [-0.15, -0.1) is 0 Å². The van der Waals surface area contributed by atoms with E-state index in [1.165, 1.54) is 6.20 Å². The van der Waals surface area contributed by atoms with Gasteiger partial charge in [0.2, 0.25) is 0 Å². The summed E-state index contributed by atoms with van der Waals surface area (Å²) in [5.74, 6) is -0.959. The molecule has 2 aromatic rings. The minimum Gasteiger partial charge on any atom is -0.324 e. The van der Waals surface area contributed by atoms with Crippen LogP contribution in [0.1, 0.15) is 29.8 Å². The van der Waals surface area contributed by atoms with Crippen molar-refractivity contribution in [2.45, 2.75) is 26.1 Å². The van der Waals surface area contributed by atoms with Gasteiger partial charge in [0.1, 0.15) is 5.82 Å². The van der Waals surface area contributed by atoms with Gasteiger partial charge in [-0.3, -0.25) is 0 Å². The third-order valence-electron chi connectivity index (χ3n) is 3.04. The van der Waals surface area contributed by atoms with Crippen LogP contribution < -0.4 is 5.73 Å². The molecule has 0 spiro atoms. The van der Waals surface area contributed by atoms with Gasteiger partial charge < -0.3 is 5.73 Å². The third kappa shape index (κ3) is 3.18. The van der Waals surface area contributed by atoms with Gasteiger partial charge in [0.25, 0.3) is 0 Å². The van der Waals surface area contributed by atoms with Crippen LogP contribution in [-0.4, -0.2) is 9.97 Å². The minimum atomic E-state index is -4.61. The molecule has 0 aliphatic carbocycles. The van der Waals surface area contributed by atoms with E-state index in [-0.39, 0.29) is 17.4 Å². The van der Waals surface area contributed by atoms with Crippen molar-refractivity contribution in [3.63, 3.8) is 0 Å². The van der Waals surface area contributed by atoms with Gasteiger partial charge >= 0.3 is 6.18 Å². The van der Waals surface area contributed by atoms with Crippen molar-refractivity contribution in [2.75, 3.05) is 0 Å². The van der Waals surface area contributed by atoms with Crippen LogP contribution >= 0.6 is 0 Å². The molecule has 0 fully saturated rings. The highest BCUT2D eigenvalue weighted by atomic mass is 19.4. The largest absolute Gasteiger partial charge is 0.417 e. The number of halogens is 4. The average molecular weight is 299 g/mol. The summed E-state index contributed by atoms with van der Waals surface area (Å²) >= 11 is 0. The molecule has 7 heteroatoms. The van der Waals surface area contributed by atoms with Gasteiger partial charge in [-0.05, 0) is 32.0 Å². The Bertz CT molecular complexity index is 666. The van der Waals surface area contributed by atoms with Crippen LogP contribution in [0.15, 0.2) is 24.4 Å². The lowest BCUT2D eigenvalue weighted by molar-refractivity contribution is -0.137. The molecule has 2 rings (SSSR count). The predicted molar refractivity (Wildman–Crippen MR) is 69.8 cm³/mol. The first kappa shape index (κ1) is 15.4. The molecule has 0 aliphatic heterocycles. The van der Waals surface area contributed by atoms with E-state index in [1.54, 1.807) is 13.8 Å². The molecule has 1 aromatic heterocycles. The van der Waals surface area contributed by atoms with Crippen molar-refractivity contribution in [3.8, 4) is 11.4 Å². The maximum atomic E-state index is 13.3. The standard InChI is InChI=1S/C14H13F4N3/c1-7(19)11-6-20-13(21-8(11)2)10-5-9(15)3-4-12(10)14(16,17)18/h3-7H,19H2,1-2H3/t7-/m1/s1. The Morgan fingerprint density at radius 1 is 1.24 bits per heavy atom. The number of nitrogens with two attached hydrogens (primary N) is 1. The van der Waals surface area contributed by atoms with Crippen molar-refractivity contribution < 1.29 is 17.6 Å². The first-order valence-corrected chi connectivity index (χ1v) is 6.16. The van der Waals surface area contributed by atoms with E-state index in [0.717, 1.165) is 12.1 Å². The summed E-state index contributed by atoms with van der Waals surface area (Å²) in [6, 6.07) is 1.88. The van der Waals surface area contributed by atoms with Crippen LogP contribution in [0.5, 0.6) is 0 Å². The van der Waals surface area contributed by atoms with E-state index in [4.69, 9.17) is 5.73 Å². The highest BCUT2D eigenvalue weighted by Gasteiger charge is 2.34. The van der Waals surface area contributed by atoms with Crippen molar-refractivity contribution >= 4 is 0 Å². The van der Waals surface area contributed by atoms with E-state index in [2.05, 4.69) is 9.97 Å². The molecule has 0 radical (unpaired) electrons. The predicted octanol–water partition coefficient (Wildman–Crippen LogP) is 3.63. The maximum absolute atomic E-state index is 13.3. The summed E-state index contributed by atoms with van der Waals surface area (Å²) in [5.41, 5.74) is 5.44. The van der Waals surface area contributed by atoms with Crippen molar-refractivity contribution in [1.82, 2.24) is 9.97 Å². The number of nitrogens with zero attached hydrogens (tertiary/aromatic N) is 2. The Morgan fingerprint density at radius 2 is 1.90 bits per heavy atom. The summed E-state index contributed by atoms with van der Waals surface area (Å²) in [4.78, 5) is 7.91. The molecule has 112 valence electrons. The highest BCUT2D eigenvalue weighted by Crippen LogP contribution is 2.36. The normalized spacial score (nSPS) is 13.3. The van der Waals surface area contributed by atoms with Crippen LogP contribution in [0.4, 0.5) is 17.6 Å². The summed E-state index contributed by atoms with van der Waals surface area (Å²) in [7, 11) is 0. The van der Waals surface area contributed by atoms with E-state index in [1.807, 2.05) is 0 Å². The fourth-order valence-corrected chi connectivity index (χ4v) is 2.00. The molecule has 2 N–H and O–H groups in total. The molecule has 0 unspecified atom stereocenters. The summed E-state index contributed by atoms with van der Waals surface area (Å²) in [6.45, 7) is 3.34. The van der Waals surface area contributed by atoms with Gasteiger partial charge in [-0.1, -0.05) is 0 Å². The molecular weight excluding hydrogens is 286 g/mol. The highest BCUT2D eigenvalue weighted by molar-refractivity contribution is 5.61. The topological polar surface area (TPSA) is 51.8 Å². The molecular formula is C14H13F4N3. The SMILES string of the molecule is Cc1nc(-c2cc(F)ccc2C(F)(F)F)ncc1[C@@H](C)N. The Labute approximate surface area is 118 Å². The summed E-state index contributed by atoms with van der Waals surface area (Å²) in [5, 5.41) is 0. The summed E-state index contributed by atoms with van der Waals surface area (Å²) < 4.78 is 52.2. The minimum absolute atomic E-state index is 0.177. The number of rotatable bonds is 2. The molecule has 0 amide bonds. The lowest BCUT2D eigenvalue weighted by Crippen LogP contribution is -2.11. The second kappa shape index (κ2) is 5.40. The Morgan fingerprint density at radius 3 is 2.43 bits per heavy atom. The molecule has 0 saturated carbocycles. The zero-order valence-corrected chi connectivity index (χ0v) is 11.4. The Hall–Kier alpha value is -2.02. The van der Waals surface area contributed by atoms with E-state index in [9.17, 15) is 17.6 Å². The molecule has 21 heavy (non-hydrogen) atoms. The molecule has 0 saturated heterocycles. The zero-order valence-electron chi connectivity index (χ0n) is 11.4. The number of alkyl halides is 3. The lowest BCUT2D eigenvalue weighted by Gasteiger charge is -2.14. The quantitative estimate of drug-likeness (QED) is 0.862. The number of hydrogen-bond acceptors (Lipinski definition) is 3. The first-order valence-electron chi connectivity index (χ1n) is 6.16. The third-order valence-corrected chi connectivity index (χ3v) is 3.04. The number of aryl methyl sites for hydroxylation is 1. The van der Waals surface area contributed by atoms with Crippen LogP contribution in [0, 0.1) is 12.7 Å². The van der Waals surface area contributed by atoms with Crippen molar-refractivity contribution in [3.05, 3.63) is 47.0 Å². The molecule has 1 heterocycles. The van der Waals surface area contributed by atoms with Gasteiger partial charge in [0.05, 0.1) is 5.56 Å². The zero-order chi connectivity index (χ0) is 15.8. The van der Waals surface area contributed by atoms with Crippen LogP contribution in [0.3, 0.4) is 0 Å². The van der Waals surface area contributed by atoms with E-state index >= 15 is 0 Å².